The summed E-state index contributed by atoms with van der Waals surface area (Å²) < 4.78 is 28.4. The molecule has 1 aliphatic rings. The zero-order valence-electron chi connectivity index (χ0n) is 14.8. The number of aromatic nitrogens is 3. The monoisotopic (exact) mass is 383 g/mol. The zero-order valence-corrected chi connectivity index (χ0v) is 15.6. The second-order valence-electron chi connectivity index (χ2n) is 6.43. The number of rotatable bonds is 6. The molecule has 1 saturated heterocycles. The predicted molar refractivity (Wildman–Crippen MR) is 103 cm³/mol. The van der Waals surface area contributed by atoms with Crippen LogP contribution in [0, 0.1) is 0 Å². The van der Waals surface area contributed by atoms with E-state index in [0.29, 0.717) is 25.5 Å². The third-order valence-corrected chi connectivity index (χ3v) is 6.44. The quantitative estimate of drug-likeness (QED) is 0.708. The fourth-order valence-corrected chi connectivity index (χ4v) is 4.54. The molecule has 0 amide bonds. The Morgan fingerprint density at radius 1 is 1.00 bits per heavy atom. The maximum atomic E-state index is 12.5. The lowest BCUT2D eigenvalue weighted by molar-refractivity contribution is 0.477. The minimum Gasteiger partial charge on any atom is -0.364 e. The molecule has 140 valence electrons. The highest BCUT2D eigenvalue weighted by atomic mass is 32.2. The summed E-state index contributed by atoms with van der Waals surface area (Å²) in [5.41, 5.74) is 1.87. The second kappa shape index (κ2) is 7.50. The standard InChI is InChI=1S/C19H21N5O2S/c25-27(26,23-11-4-5-12-23)18-8-9-19(21-15-18)20-14-16-10-13-24(22-16)17-6-2-1-3-7-17/h1-3,6-10,13,15H,4-5,11-12,14H2,(H,20,21). The summed E-state index contributed by atoms with van der Waals surface area (Å²) in [5.74, 6) is 0.615. The number of pyridine rings is 1. The van der Waals surface area contributed by atoms with Crippen molar-refractivity contribution in [1.29, 1.82) is 0 Å². The molecule has 0 unspecified atom stereocenters. The molecule has 1 fully saturated rings. The molecule has 3 aromatic rings. The van der Waals surface area contributed by atoms with Crippen LogP contribution in [0.15, 0.2) is 65.8 Å². The molecule has 1 aromatic carbocycles. The molecule has 0 aliphatic carbocycles. The van der Waals surface area contributed by atoms with Crippen molar-refractivity contribution in [2.75, 3.05) is 18.4 Å². The second-order valence-corrected chi connectivity index (χ2v) is 8.37. The Bertz CT molecular complexity index is 994. The molecule has 1 aliphatic heterocycles. The smallest absolute Gasteiger partial charge is 0.244 e. The van der Waals surface area contributed by atoms with Crippen LogP contribution in [0.5, 0.6) is 0 Å². The minimum absolute atomic E-state index is 0.239. The summed E-state index contributed by atoms with van der Waals surface area (Å²) in [7, 11) is -3.42. The van der Waals surface area contributed by atoms with Crippen LogP contribution in [0.2, 0.25) is 0 Å². The third-order valence-electron chi connectivity index (χ3n) is 4.55. The van der Waals surface area contributed by atoms with E-state index < -0.39 is 10.0 Å². The highest BCUT2D eigenvalue weighted by Crippen LogP contribution is 2.21. The third kappa shape index (κ3) is 3.86. The summed E-state index contributed by atoms with van der Waals surface area (Å²) in [6, 6.07) is 15.1. The largest absolute Gasteiger partial charge is 0.364 e. The van der Waals surface area contributed by atoms with Gasteiger partial charge in [-0.25, -0.2) is 18.1 Å². The summed E-state index contributed by atoms with van der Waals surface area (Å²) >= 11 is 0. The normalized spacial score (nSPS) is 15.1. The first-order valence-electron chi connectivity index (χ1n) is 8.93. The molecular formula is C19H21N5O2S. The van der Waals surface area contributed by atoms with E-state index in [0.717, 1.165) is 24.2 Å². The molecule has 8 heteroatoms. The van der Waals surface area contributed by atoms with Gasteiger partial charge in [-0.3, -0.25) is 0 Å². The number of anilines is 1. The van der Waals surface area contributed by atoms with Gasteiger partial charge in [0.1, 0.15) is 10.7 Å². The van der Waals surface area contributed by atoms with Crippen LogP contribution in [-0.2, 0) is 16.6 Å². The average molecular weight is 383 g/mol. The zero-order chi connectivity index (χ0) is 18.7. The van der Waals surface area contributed by atoms with E-state index in [4.69, 9.17) is 0 Å². The van der Waals surface area contributed by atoms with Crippen molar-refractivity contribution in [3.8, 4) is 5.69 Å². The van der Waals surface area contributed by atoms with Gasteiger partial charge in [-0.15, -0.1) is 0 Å². The van der Waals surface area contributed by atoms with Gasteiger partial charge in [-0.2, -0.15) is 9.40 Å². The van der Waals surface area contributed by atoms with Gasteiger partial charge >= 0.3 is 0 Å². The lowest BCUT2D eigenvalue weighted by atomic mass is 10.3. The molecule has 2 aromatic heterocycles. The topological polar surface area (TPSA) is 80.1 Å². The lowest BCUT2D eigenvalue weighted by Gasteiger charge is -2.15. The maximum absolute atomic E-state index is 12.5. The van der Waals surface area contributed by atoms with Crippen molar-refractivity contribution >= 4 is 15.8 Å². The van der Waals surface area contributed by atoms with Gasteiger partial charge in [0, 0.05) is 25.5 Å². The molecule has 27 heavy (non-hydrogen) atoms. The molecule has 0 atom stereocenters. The van der Waals surface area contributed by atoms with Crippen molar-refractivity contribution in [2.24, 2.45) is 0 Å². The Labute approximate surface area is 158 Å². The van der Waals surface area contributed by atoms with Crippen molar-refractivity contribution in [1.82, 2.24) is 19.1 Å². The van der Waals surface area contributed by atoms with Crippen molar-refractivity contribution < 1.29 is 8.42 Å². The van der Waals surface area contributed by atoms with Crippen LogP contribution >= 0.6 is 0 Å². The first-order chi connectivity index (χ1) is 13.1. The van der Waals surface area contributed by atoms with E-state index in [-0.39, 0.29) is 4.90 Å². The van der Waals surface area contributed by atoms with Crippen molar-refractivity contribution in [3.63, 3.8) is 0 Å². The van der Waals surface area contributed by atoms with E-state index in [9.17, 15) is 8.42 Å². The molecule has 3 heterocycles. The Morgan fingerprint density at radius 2 is 1.78 bits per heavy atom. The molecule has 0 bridgehead atoms. The molecule has 0 saturated carbocycles. The molecular weight excluding hydrogens is 362 g/mol. The Kier molecular flexibility index (Phi) is 4.91. The van der Waals surface area contributed by atoms with Crippen LogP contribution in [-0.4, -0.2) is 40.6 Å². The molecule has 4 rings (SSSR count). The Hall–Kier alpha value is -2.71. The Balaban J connectivity index is 1.40. The maximum Gasteiger partial charge on any atom is 0.244 e. The highest BCUT2D eigenvalue weighted by Gasteiger charge is 2.27. The van der Waals surface area contributed by atoms with Gasteiger partial charge in [-0.1, -0.05) is 18.2 Å². The van der Waals surface area contributed by atoms with Crippen LogP contribution in [0.1, 0.15) is 18.5 Å². The number of hydrogen-bond acceptors (Lipinski definition) is 5. The van der Waals surface area contributed by atoms with E-state index in [1.165, 1.54) is 10.5 Å². The van der Waals surface area contributed by atoms with Crippen molar-refractivity contribution in [2.45, 2.75) is 24.3 Å². The number of sulfonamides is 1. The van der Waals surface area contributed by atoms with Gasteiger partial charge < -0.3 is 5.32 Å². The molecule has 1 N–H and O–H groups in total. The number of hydrogen-bond donors (Lipinski definition) is 1. The van der Waals surface area contributed by atoms with E-state index >= 15 is 0 Å². The summed E-state index contributed by atoms with van der Waals surface area (Å²) in [4.78, 5) is 4.48. The number of nitrogens with zero attached hydrogens (tertiary/aromatic N) is 4. The summed E-state index contributed by atoms with van der Waals surface area (Å²) in [5, 5.41) is 7.71. The van der Waals surface area contributed by atoms with E-state index in [1.807, 2.05) is 47.3 Å². The van der Waals surface area contributed by atoms with Gasteiger partial charge in [0.05, 0.1) is 17.9 Å². The molecule has 7 nitrogen and oxygen atoms in total. The van der Waals surface area contributed by atoms with Crippen LogP contribution in [0.3, 0.4) is 0 Å². The van der Waals surface area contributed by atoms with Gasteiger partial charge in [0.2, 0.25) is 10.0 Å². The van der Waals surface area contributed by atoms with Gasteiger partial charge in [0.15, 0.2) is 0 Å². The predicted octanol–water partition coefficient (Wildman–Crippen LogP) is 2.66. The van der Waals surface area contributed by atoms with Crippen LogP contribution in [0.25, 0.3) is 5.69 Å². The minimum atomic E-state index is -3.42. The first kappa shape index (κ1) is 17.7. The van der Waals surface area contributed by atoms with Gasteiger partial charge in [0.25, 0.3) is 0 Å². The molecule has 0 spiro atoms. The fraction of sp³-hybridized carbons (Fsp3) is 0.263. The van der Waals surface area contributed by atoms with Crippen LogP contribution in [0.4, 0.5) is 5.82 Å². The average Bonchev–Trinajstić information content (AvgIpc) is 3.40. The summed E-state index contributed by atoms with van der Waals surface area (Å²) in [6.45, 7) is 1.68. The number of benzene rings is 1. The Morgan fingerprint density at radius 3 is 2.48 bits per heavy atom. The number of para-hydroxylation sites is 1. The highest BCUT2D eigenvalue weighted by molar-refractivity contribution is 7.89. The SMILES string of the molecule is O=S(=O)(c1ccc(NCc2ccn(-c3ccccc3)n2)nc1)N1CCCC1. The molecule has 0 radical (unpaired) electrons. The van der Waals surface area contributed by atoms with Crippen molar-refractivity contribution in [3.05, 3.63) is 66.6 Å². The van der Waals surface area contributed by atoms with Gasteiger partial charge in [-0.05, 0) is 43.2 Å². The first-order valence-corrected chi connectivity index (χ1v) is 10.4. The summed E-state index contributed by atoms with van der Waals surface area (Å²) in [6.07, 6.45) is 5.16. The fourth-order valence-electron chi connectivity index (χ4n) is 3.08. The van der Waals surface area contributed by atoms with Crippen LogP contribution < -0.4 is 5.32 Å². The number of nitrogens with one attached hydrogen (secondary N) is 1. The lowest BCUT2D eigenvalue weighted by Crippen LogP contribution is -2.27. The van der Waals surface area contributed by atoms with E-state index in [1.54, 1.807) is 12.1 Å². The van der Waals surface area contributed by atoms with E-state index in [2.05, 4.69) is 15.4 Å².